The first-order valence-electron chi connectivity index (χ1n) is 7.15. The van der Waals surface area contributed by atoms with E-state index in [9.17, 15) is 0 Å². The molecule has 0 bridgehead atoms. The van der Waals surface area contributed by atoms with Gasteiger partial charge in [-0.15, -0.1) is 0 Å². The SMILES string of the molecule is COc1ccc(N)c(CN2CCN3CCCC3C2)c1. The van der Waals surface area contributed by atoms with Gasteiger partial charge < -0.3 is 10.5 Å². The van der Waals surface area contributed by atoms with E-state index < -0.39 is 0 Å². The van der Waals surface area contributed by atoms with Gasteiger partial charge in [0.25, 0.3) is 0 Å². The van der Waals surface area contributed by atoms with E-state index in [4.69, 9.17) is 10.5 Å². The van der Waals surface area contributed by atoms with Crippen molar-refractivity contribution in [1.82, 2.24) is 9.80 Å². The van der Waals surface area contributed by atoms with Crippen LogP contribution in [0.5, 0.6) is 5.75 Å². The van der Waals surface area contributed by atoms with Crippen LogP contribution < -0.4 is 10.5 Å². The lowest BCUT2D eigenvalue weighted by Gasteiger charge is -2.37. The van der Waals surface area contributed by atoms with E-state index in [1.165, 1.54) is 38.0 Å². The van der Waals surface area contributed by atoms with E-state index >= 15 is 0 Å². The molecule has 0 saturated carbocycles. The van der Waals surface area contributed by atoms with Crippen molar-refractivity contribution < 1.29 is 4.74 Å². The van der Waals surface area contributed by atoms with Crippen molar-refractivity contribution in [2.45, 2.75) is 25.4 Å². The lowest BCUT2D eigenvalue weighted by Crippen LogP contribution is -2.49. The fraction of sp³-hybridized carbons (Fsp3) is 0.600. The summed E-state index contributed by atoms with van der Waals surface area (Å²) in [5, 5.41) is 0. The molecule has 1 aromatic rings. The van der Waals surface area contributed by atoms with Crippen LogP contribution in [0.2, 0.25) is 0 Å². The molecular formula is C15H23N3O. The summed E-state index contributed by atoms with van der Waals surface area (Å²) in [4.78, 5) is 5.16. The smallest absolute Gasteiger partial charge is 0.119 e. The molecule has 2 aliphatic rings. The predicted molar refractivity (Wildman–Crippen MR) is 77.3 cm³/mol. The number of nitrogen functional groups attached to an aromatic ring is 1. The number of nitrogens with two attached hydrogens (primary N) is 1. The first kappa shape index (κ1) is 12.8. The zero-order valence-electron chi connectivity index (χ0n) is 11.6. The number of piperazine rings is 1. The molecule has 3 rings (SSSR count). The highest BCUT2D eigenvalue weighted by Gasteiger charge is 2.30. The van der Waals surface area contributed by atoms with Crippen LogP contribution in [-0.2, 0) is 6.54 Å². The molecule has 0 amide bonds. The zero-order chi connectivity index (χ0) is 13.2. The summed E-state index contributed by atoms with van der Waals surface area (Å²) in [6.45, 7) is 5.76. The number of fused-ring (bicyclic) bond motifs is 1. The maximum absolute atomic E-state index is 6.08. The van der Waals surface area contributed by atoms with Crippen molar-refractivity contribution in [1.29, 1.82) is 0 Å². The van der Waals surface area contributed by atoms with E-state index in [1.807, 2.05) is 12.1 Å². The minimum absolute atomic E-state index is 0.764. The van der Waals surface area contributed by atoms with Crippen LogP contribution in [0.4, 0.5) is 5.69 Å². The van der Waals surface area contributed by atoms with Gasteiger partial charge in [0.15, 0.2) is 0 Å². The van der Waals surface area contributed by atoms with Gasteiger partial charge in [-0.2, -0.15) is 0 Å². The second-order valence-corrected chi connectivity index (χ2v) is 5.63. The number of ether oxygens (including phenoxy) is 1. The summed E-state index contributed by atoms with van der Waals surface area (Å²) in [5.74, 6) is 0.892. The molecule has 0 aliphatic carbocycles. The first-order chi connectivity index (χ1) is 9.26. The van der Waals surface area contributed by atoms with E-state index in [-0.39, 0.29) is 0 Å². The Morgan fingerprint density at radius 3 is 3.05 bits per heavy atom. The first-order valence-corrected chi connectivity index (χ1v) is 7.15. The van der Waals surface area contributed by atoms with Gasteiger partial charge in [-0.05, 0) is 43.1 Å². The van der Waals surface area contributed by atoms with E-state index in [0.717, 1.165) is 30.6 Å². The third-order valence-corrected chi connectivity index (χ3v) is 4.42. The van der Waals surface area contributed by atoms with Gasteiger partial charge in [0.05, 0.1) is 7.11 Å². The zero-order valence-corrected chi connectivity index (χ0v) is 11.6. The lowest BCUT2D eigenvalue weighted by molar-refractivity contribution is 0.0995. The van der Waals surface area contributed by atoms with Crippen LogP contribution in [0.1, 0.15) is 18.4 Å². The Morgan fingerprint density at radius 2 is 2.21 bits per heavy atom. The number of anilines is 1. The average molecular weight is 261 g/mol. The summed E-state index contributed by atoms with van der Waals surface area (Å²) in [6.07, 6.45) is 2.71. The number of hydrogen-bond donors (Lipinski definition) is 1. The Morgan fingerprint density at radius 1 is 1.32 bits per heavy atom. The fourth-order valence-corrected chi connectivity index (χ4v) is 3.29. The van der Waals surface area contributed by atoms with Gasteiger partial charge in [0.1, 0.15) is 5.75 Å². The van der Waals surface area contributed by atoms with Crippen molar-refractivity contribution in [2.75, 3.05) is 39.0 Å². The van der Waals surface area contributed by atoms with Gasteiger partial charge >= 0.3 is 0 Å². The Labute approximate surface area is 115 Å². The number of nitrogens with zero attached hydrogens (tertiary/aromatic N) is 2. The van der Waals surface area contributed by atoms with Crippen LogP contribution in [0.25, 0.3) is 0 Å². The van der Waals surface area contributed by atoms with Crippen molar-refractivity contribution in [3.63, 3.8) is 0 Å². The molecule has 1 unspecified atom stereocenters. The van der Waals surface area contributed by atoms with Gasteiger partial charge in [-0.3, -0.25) is 9.80 Å². The highest BCUT2D eigenvalue weighted by atomic mass is 16.5. The number of benzene rings is 1. The molecule has 2 N–H and O–H groups in total. The van der Waals surface area contributed by atoms with Crippen molar-refractivity contribution in [2.24, 2.45) is 0 Å². The van der Waals surface area contributed by atoms with Crippen molar-refractivity contribution in [3.8, 4) is 5.75 Å². The summed E-state index contributed by atoms with van der Waals surface area (Å²) >= 11 is 0. The Bertz CT molecular complexity index is 449. The highest BCUT2D eigenvalue weighted by Crippen LogP contribution is 2.25. The van der Waals surface area contributed by atoms with Gasteiger partial charge in [-0.25, -0.2) is 0 Å². The van der Waals surface area contributed by atoms with E-state index in [0.29, 0.717) is 0 Å². The maximum Gasteiger partial charge on any atom is 0.119 e. The number of hydrogen-bond acceptors (Lipinski definition) is 4. The largest absolute Gasteiger partial charge is 0.497 e. The standard InChI is InChI=1S/C15H23N3O/c1-19-14-4-5-15(16)12(9-14)10-17-7-8-18-6-2-3-13(18)11-17/h4-5,9,13H,2-3,6-8,10-11,16H2,1H3. The second kappa shape index (κ2) is 5.39. The van der Waals surface area contributed by atoms with Crippen molar-refractivity contribution in [3.05, 3.63) is 23.8 Å². The Hall–Kier alpha value is -1.26. The molecule has 0 radical (unpaired) electrons. The minimum Gasteiger partial charge on any atom is -0.497 e. The summed E-state index contributed by atoms with van der Waals surface area (Å²) in [5.41, 5.74) is 8.13. The van der Waals surface area contributed by atoms with Crippen LogP contribution in [-0.4, -0.2) is 49.1 Å². The quantitative estimate of drug-likeness (QED) is 0.838. The van der Waals surface area contributed by atoms with Gasteiger partial charge in [0, 0.05) is 37.9 Å². The average Bonchev–Trinajstić information content (AvgIpc) is 2.89. The Kier molecular flexibility index (Phi) is 3.62. The third-order valence-electron chi connectivity index (χ3n) is 4.42. The monoisotopic (exact) mass is 261 g/mol. The molecule has 2 saturated heterocycles. The summed E-state index contributed by atoms with van der Waals surface area (Å²) < 4.78 is 5.29. The van der Waals surface area contributed by atoms with Gasteiger partial charge in [0.2, 0.25) is 0 Å². The molecule has 4 heteroatoms. The number of methoxy groups -OCH3 is 1. The topological polar surface area (TPSA) is 41.7 Å². The second-order valence-electron chi connectivity index (χ2n) is 5.63. The van der Waals surface area contributed by atoms with Gasteiger partial charge in [-0.1, -0.05) is 0 Å². The minimum atomic E-state index is 0.764. The molecule has 2 aliphatic heterocycles. The lowest BCUT2D eigenvalue weighted by atomic mass is 10.1. The summed E-state index contributed by atoms with van der Waals surface area (Å²) in [7, 11) is 1.70. The van der Waals surface area contributed by atoms with Crippen LogP contribution >= 0.6 is 0 Å². The maximum atomic E-state index is 6.08. The number of rotatable bonds is 3. The molecule has 1 aromatic carbocycles. The third kappa shape index (κ3) is 2.69. The molecule has 104 valence electrons. The summed E-state index contributed by atoms with van der Waals surface area (Å²) in [6, 6.07) is 6.70. The van der Waals surface area contributed by atoms with Crippen LogP contribution in [0.3, 0.4) is 0 Å². The Balaban J connectivity index is 1.68. The normalized spacial score (nSPS) is 24.4. The van der Waals surface area contributed by atoms with Crippen LogP contribution in [0, 0.1) is 0 Å². The molecule has 4 nitrogen and oxygen atoms in total. The predicted octanol–water partition coefficient (Wildman–Crippen LogP) is 1.56. The molecule has 2 fully saturated rings. The van der Waals surface area contributed by atoms with Crippen LogP contribution in [0.15, 0.2) is 18.2 Å². The molecule has 1 atom stereocenters. The molecule has 2 heterocycles. The van der Waals surface area contributed by atoms with E-state index in [1.54, 1.807) is 7.11 Å². The molecule has 0 aromatic heterocycles. The molecule has 0 spiro atoms. The molecular weight excluding hydrogens is 238 g/mol. The fourth-order valence-electron chi connectivity index (χ4n) is 3.29. The van der Waals surface area contributed by atoms with E-state index in [2.05, 4.69) is 15.9 Å². The highest BCUT2D eigenvalue weighted by molar-refractivity contribution is 5.50. The van der Waals surface area contributed by atoms with Crippen molar-refractivity contribution >= 4 is 5.69 Å². The molecule has 19 heavy (non-hydrogen) atoms.